The third kappa shape index (κ3) is 5.27. The highest BCUT2D eigenvalue weighted by atomic mass is 16.5. The van der Waals surface area contributed by atoms with Crippen LogP contribution in [0.2, 0.25) is 0 Å². The summed E-state index contributed by atoms with van der Waals surface area (Å²) in [5.74, 6) is 1.15. The van der Waals surface area contributed by atoms with Crippen LogP contribution in [0.3, 0.4) is 0 Å². The van der Waals surface area contributed by atoms with Crippen molar-refractivity contribution in [1.29, 1.82) is 0 Å². The Morgan fingerprint density at radius 3 is 2.68 bits per heavy atom. The molecule has 0 saturated carbocycles. The number of ether oxygens (including phenoxy) is 2. The second kappa shape index (κ2) is 8.60. The molecule has 1 aliphatic rings. The Morgan fingerprint density at radius 1 is 1.28 bits per heavy atom. The first kappa shape index (κ1) is 18.9. The molecule has 1 aliphatic heterocycles. The number of nitrogens with one attached hydrogen (secondary N) is 3. The zero-order valence-electron chi connectivity index (χ0n) is 15.2. The van der Waals surface area contributed by atoms with Gasteiger partial charge < -0.3 is 25.4 Å². The number of methoxy groups -OCH3 is 1. The van der Waals surface area contributed by atoms with Gasteiger partial charge in [-0.25, -0.2) is 4.79 Å². The van der Waals surface area contributed by atoms with Crippen molar-refractivity contribution >= 4 is 11.9 Å². The van der Waals surface area contributed by atoms with E-state index in [1.807, 2.05) is 39.0 Å². The predicted octanol–water partition coefficient (Wildman–Crippen LogP) is 2.12. The molecule has 0 bridgehead atoms. The SMILES string of the molecule is COc1cc([C@H](C)NC(=O)N[C@@H]2CCCNC2=O)ccc1OC(C)C. The lowest BCUT2D eigenvalue weighted by molar-refractivity contribution is -0.124. The molecule has 7 heteroatoms. The second-order valence-electron chi connectivity index (χ2n) is 6.40. The highest BCUT2D eigenvalue weighted by Crippen LogP contribution is 2.31. The monoisotopic (exact) mass is 349 g/mol. The molecular formula is C18H27N3O4. The Morgan fingerprint density at radius 2 is 2.04 bits per heavy atom. The van der Waals surface area contributed by atoms with Crippen LogP contribution in [0.25, 0.3) is 0 Å². The molecule has 0 aliphatic carbocycles. The van der Waals surface area contributed by atoms with Gasteiger partial charge in [-0.1, -0.05) is 6.07 Å². The maximum atomic E-state index is 12.1. The van der Waals surface area contributed by atoms with E-state index in [2.05, 4.69) is 16.0 Å². The van der Waals surface area contributed by atoms with E-state index in [1.165, 1.54) is 0 Å². The van der Waals surface area contributed by atoms with Gasteiger partial charge >= 0.3 is 6.03 Å². The molecule has 3 amide bonds. The van der Waals surface area contributed by atoms with Gasteiger partial charge in [0.05, 0.1) is 19.3 Å². The summed E-state index contributed by atoms with van der Waals surface area (Å²) in [6, 6.07) is 4.48. The van der Waals surface area contributed by atoms with E-state index in [1.54, 1.807) is 7.11 Å². The van der Waals surface area contributed by atoms with Crippen LogP contribution in [0.5, 0.6) is 11.5 Å². The Kier molecular flexibility index (Phi) is 6.50. The Labute approximate surface area is 148 Å². The van der Waals surface area contributed by atoms with E-state index >= 15 is 0 Å². The molecule has 1 aromatic carbocycles. The molecule has 2 atom stereocenters. The fourth-order valence-electron chi connectivity index (χ4n) is 2.69. The number of rotatable bonds is 6. The van der Waals surface area contributed by atoms with Gasteiger partial charge in [0, 0.05) is 6.54 Å². The van der Waals surface area contributed by atoms with E-state index < -0.39 is 6.04 Å². The summed E-state index contributed by atoms with van der Waals surface area (Å²) in [5, 5.41) is 8.31. The van der Waals surface area contributed by atoms with Gasteiger partial charge in [-0.15, -0.1) is 0 Å². The summed E-state index contributed by atoms with van der Waals surface area (Å²) >= 11 is 0. The van der Waals surface area contributed by atoms with Crippen molar-refractivity contribution < 1.29 is 19.1 Å². The lowest BCUT2D eigenvalue weighted by Crippen LogP contribution is -2.52. The Hall–Kier alpha value is -2.44. The number of urea groups is 1. The van der Waals surface area contributed by atoms with E-state index in [9.17, 15) is 9.59 Å². The predicted molar refractivity (Wildman–Crippen MR) is 94.9 cm³/mol. The average Bonchev–Trinajstić information content (AvgIpc) is 2.56. The molecule has 25 heavy (non-hydrogen) atoms. The van der Waals surface area contributed by atoms with Crippen LogP contribution in [-0.2, 0) is 4.79 Å². The molecule has 1 fully saturated rings. The van der Waals surface area contributed by atoms with Gasteiger partial charge in [-0.05, 0) is 51.3 Å². The molecule has 3 N–H and O–H groups in total. The van der Waals surface area contributed by atoms with Crippen molar-refractivity contribution in [2.75, 3.05) is 13.7 Å². The molecule has 1 aromatic rings. The fourth-order valence-corrected chi connectivity index (χ4v) is 2.69. The third-order valence-electron chi connectivity index (χ3n) is 3.99. The first-order valence-corrected chi connectivity index (χ1v) is 8.60. The standard InChI is InChI=1S/C18H27N3O4/c1-11(2)25-15-8-7-13(10-16(15)24-4)12(3)20-18(23)21-14-6-5-9-19-17(14)22/h7-8,10-12,14H,5-6,9H2,1-4H3,(H,19,22)(H2,20,21,23)/t12-,14+/m0/s1. The minimum absolute atomic E-state index is 0.0442. The maximum Gasteiger partial charge on any atom is 0.315 e. The van der Waals surface area contributed by atoms with E-state index in [-0.39, 0.29) is 24.1 Å². The molecular weight excluding hydrogens is 322 g/mol. The fraction of sp³-hybridized carbons (Fsp3) is 0.556. The summed E-state index contributed by atoms with van der Waals surface area (Å²) in [5.41, 5.74) is 0.885. The van der Waals surface area contributed by atoms with Crippen molar-refractivity contribution in [1.82, 2.24) is 16.0 Å². The van der Waals surface area contributed by atoms with Gasteiger partial charge in [0.2, 0.25) is 5.91 Å². The minimum atomic E-state index is -0.475. The van der Waals surface area contributed by atoms with Crippen molar-refractivity contribution in [2.24, 2.45) is 0 Å². The summed E-state index contributed by atoms with van der Waals surface area (Å²) < 4.78 is 11.1. The summed E-state index contributed by atoms with van der Waals surface area (Å²) in [4.78, 5) is 23.9. The van der Waals surface area contributed by atoms with Gasteiger partial charge in [-0.2, -0.15) is 0 Å². The van der Waals surface area contributed by atoms with Gasteiger partial charge in [-0.3, -0.25) is 4.79 Å². The zero-order chi connectivity index (χ0) is 18.4. The van der Waals surface area contributed by atoms with Gasteiger partial charge in [0.1, 0.15) is 6.04 Å². The van der Waals surface area contributed by atoms with Crippen LogP contribution in [0.1, 0.15) is 45.2 Å². The molecule has 7 nitrogen and oxygen atoms in total. The van der Waals surface area contributed by atoms with E-state index in [4.69, 9.17) is 9.47 Å². The van der Waals surface area contributed by atoms with Crippen LogP contribution in [0.15, 0.2) is 18.2 Å². The minimum Gasteiger partial charge on any atom is -0.493 e. The summed E-state index contributed by atoms with van der Waals surface area (Å²) in [6.07, 6.45) is 1.56. The second-order valence-corrected chi connectivity index (χ2v) is 6.40. The number of benzene rings is 1. The summed E-state index contributed by atoms with van der Waals surface area (Å²) in [7, 11) is 1.58. The van der Waals surface area contributed by atoms with E-state index in [0.29, 0.717) is 24.5 Å². The topological polar surface area (TPSA) is 88.7 Å². The van der Waals surface area contributed by atoms with Crippen LogP contribution in [0.4, 0.5) is 4.79 Å². The van der Waals surface area contributed by atoms with Crippen LogP contribution >= 0.6 is 0 Å². The zero-order valence-corrected chi connectivity index (χ0v) is 15.2. The first-order chi connectivity index (χ1) is 11.9. The number of amides is 3. The number of carbonyl (C=O) groups is 2. The average molecular weight is 349 g/mol. The molecule has 0 radical (unpaired) electrons. The molecule has 1 saturated heterocycles. The molecule has 1 heterocycles. The molecule has 0 spiro atoms. The lowest BCUT2D eigenvalue weighted by Gasteiger charge is -2.24. The van der Waals surface area contributed by atoms with Crippen molar-refractivity contribution in [3.05, 3.63) is 23.8 Å². The van der Waals surface area contributed by atoms with Crippen LogP contribution in [-0.4, -0.2) is 37.7 Å². The highest BCUT2D eigenvalue weighted by molar-refractivity contribution is 5.87. The lowest BCUT2D eigenvalue weighted by atomic mass is 10.1. The largest absolute Gasteiger partial charge is 0.493 e. The number of carbonyl (C=O) groups excluding carboxylic acids is 2. The van der Waals surface area contributed by atoms with Gasteiger partial charge in [0.25, 0.3) is 0 Å². The van der Waals surface area contributed by atoms with Crippen LogP contribution < -0.4 is 25.4 Å². The molecule has 0 unspecified atom stereocenters. The Bertz CT molecular complexity index is 618. The smallest absolute Gasteiger partial charge is 0.315 e. The Balaban J connectivity index is 1.98. The molecule has 138 valence electrons. The maximum absolute atomic E-state index is 12.1. The number of hydrogen-bond acceptors (Lipinski definition) is 4. The van der Waals surface area contributed by atoms with Crippen LogP contribution in [0, 0.1) is 0 Å². The molecule has 2 rings (SSSR count). The van der Waals surface area contributed by atoms with Crippen molar-refractivity contribution in [2.45, 2.75) is 51.8 Å². The first-order valence-electron chi connectivity index (χ1n) is 8.60. The highest BCUT2D eigenvalue weighted by Gasteiger charge is 2.24. The quantitative estimate of drug-likeness (QED) is 0.734. The van der Waals surface area contributed by atoms with Gasteiger partial charge in [0.15, 0.2) is 11.5 Å². The number of hydrogen-bond donors (Lipinski definition) is 3. The molecule has 0 aromatic heterocycles. The summed E-state index contributed by atoms with van der Waals surface area (Å²) in [6.45, 7) is 6.43. The van der Waals surface area contributed by atoms with Crippen molar-refractivity contribution in [3.8, 4) is 11.5 Å². The third-order valence-corrected chi connectivity index (χ3v) is 3.99. The van der Waals surface area contributed by atoms with E-state index in [0.717, 1.165) is 12.0 Å². The van der Waals surface area contributed by atoms with Crippen molar-refractivity contribution in [3.63, 3.8) is 0 Å². The number of piperidine rings is 1. The normalized spacial score (nSPS) is 18.3.